The lowest BCUT2D eigenvalue weighted by atomic mass is 10.2. The van der Waals surface area contributed by atoms with Crippen LogP contribution < -0.4 is 0 Å². The Kier molecular flexibility index (Phi) is 4.69. The Bertz CT molecular complexity index is 557. The maximum Gasteiger partial charge on any atom is 0.337 e. The highest BCUT2D eigenvalue weighted by Crippen LogP contribution is 2.25. The zero-order valence-electron chi connectivity index (χ0n) is 10.0. The molecule has 0 saturated carbocycles. The summed E-state index contributed by atoms with van der Waals surface area (Å²) < 4.78 is 29.2. The average Bonchev–Trinajstić information content (AvgIpc) is 2.36. The summed E-state index contributed by atoms with van der Waals surface area (Å²) >= 11 is 5.82. The van der Waals surface area contributed by atoms with Crippen LogP contribution in [0.5, 0.6) is 0 Å². The fourth-order valence-corrected chi connectivity index (χ4v) is 2.66. The number of sulfonamides is 1. The van der Waals surface area contributed by atoms with Gasteiger partial charge in [0, 0.05) is 7.05 Å². The van der Waals surface area contributed by atoms with E-state index >= 15 is 0 Å². The molecule has 100 valence electrons. The van der Waals surface area contributed by atoms with E-state index < -0.39 is 16.0 Å². The highest BCUT2D eigenvalue weighted by atomic mass is 35.5. The van der Waals surface area contributed by atoms with E-state index in [4.69, 9.17) is 11.6 Å². The second-order valence-corrected chi connectivity index (χ2v) is 5.55. The summed E-state index contributed by atoms with van der Waals surface area (Å²) in [4.78, 5) is 15.7. The van der Waals surface area contributed by atoms with Gasteiger partial charge in [-0.2, -0.15) is 0 Å². The van der Waals surface area contributed by atoms with Crippen LogP contribution in [0.15, 0.2) is 23.1 Å². The second kappa shape index (κ2) is 5.66. The molecule has 0 aliphatic heterocycles. The molecule has 0 bridgehead atoms. The number of esters is 1. The fourth-order valence-electron chi connectivity index (χ4n) is 1.18. The number of ether oxygens (including phenoxy) is 1. The molecule has 1 aromatic carbocycles. The number of nitrogens with zero attached hydrogens (tertiary/aromatic N) is 1. The van der Waals surface area contributed by atoms with Crippen molar-refractivity contribution in [2.45, 2.75) is 4.90 Å². The number of carbonyl (C=O) groups excluding carboxylic acids is 1. The summed E-state index contributed by atoms with van der Waals surface area (Å²) in [5.41, 5.74) is 0.0879. The van der Waals surface area contributed by atoms with Crippen LogP contribution in [0, 0.1) is 0 Å². The van der Waals surface area contributed by atoms with Crippen molar-refractivity contribution >= 4 is 27.6 Å². The van der Waals surface area contributed by atoms with E-state index in [9.17, 15) is 13.2 Å². The van der Waals surface area contributed by atoms with Crippen molar-refractivity contribution < 1.29 is 22.8 Å². The average molecular weight is 294 g/mol. The molecular weight excluding hydrogens is 282 g/mol. The van der Waals surface area contributed by atoms with E-state index in [0.29, 0.717) is 4.47 Å². The van der Waals surface area contributed by atoms with Crippen LogP contribution in [0.2, 0.25) is 5.02 Å². The topological polar surface area (TPSA) is 72.9 Å². The predicted octanol–water partition coefficient (Wildman–Crippen LogP) is 1.31. The largest absolute Gasteiger partial charge is 0.465 e. The monoisotopic (exact) mass is 293 g/mol. The molecule has 1 rings (SSSR count). The summed E-state index contributed by atoms with van der Waals surface area (Å²) in [7, 11) is -0.289. The molecule has 0 heterocycles. The number of hydroxylamine groups is 1. The Morgan fingerprint density at radius 2 is 1.94 bits per heavy atom. The number of hydrogen-bond donors (Lipinski definition) is 0. The molecule has 0 amide bonds. The molecule has 0 fully saturated rings. The summed E-state index contributed by atoms with van der Waals surface area (Å²) in [6.45, 7) is 0. The van der Waals surface area contributed by atoms with E-state index in [1.165, 1.54) is 33.4 Å². The molecule has 18 heavy (non-hydrogen) atoms. The van der Waals surface area contributed by atoms with Gasteiger partial charge in [-0.3, -0.25) is 4.84 Å². The van der Waals surface area contributed by atoms with Crippen molar-refractivity contribution in [1.82, 2.24) is 4.47 Å². The lowest BCUT2D eigenvalue weighted by Crippen LogP contribution is -2.26. The molecule has 0 aliphatic carbocycles. The van der Waals surface area contributed by atoms with Gasteiger partial charge in [0.1, 0.15) is 4.90 Å². The van der Waals surface area contributed by atoms with Crippen LogP contribution in [0.25, 0.3) is 0 Å². The number of benzene rings is 1. The smallest absolute Gasteiger partial charge is 0.337 e. The van der Waals surface area contributed by atoms with Gasteiger partial charge in [0.25, 0.3) is 10.0 Å². The maximum atomic E-state index is 12.0. The first-order valence-electron chi connectivity index (χ1n) is 4.75. The van der Waals surface area contributed by atoms with Crippen LogP contribution in [-0.2, 0) is 19.6 Å². The molecular formula is C10H12ClNO5S. The summed E-state index contributed by atoms with van der Waals surface area (Å²) in [5, 5.41) is -0.00782. The van der Waals surface area contributed by atoms with Gasteiger partial charge < -0.3 is 4.74 Å². The van der Waals surface area contributed by atoms with Crippen LogP contribution in [0.3, 0.4) is 0 Å². The fraction of sp³-hybridized carbons (Fsp3) is 0.300. The molecule has 0 aromatic heterocycles. The standard InChI is InChI=1S/C10H12ClNO5S/c1-12(17-3)18(14,15)9-6-7(10(13)16-2)4-5-8(9)11/h4-6H,1-3H3. The van der Waals surface area contributed by atoms with Crippen LogP contribution in [0.4, 0.5) is 0 Å². The normalized spacial score (nSPS) is 11.6. The number of hydrogen-bond acceptors (Lipinski definition) is 5. The Hall–Kier alpha value is -1.15. The SMILES string of the molecule is COC(=O)c1ccc(Cl)c(S(=O)(=O)N(C)OC)c1. The summed E-state index contributed by atoms with van der Waals surface area (Å²) in [6.07, 6.45) is 0. The molecule has 0 aliphatic rings. The molecule has 0 spiro atoms. The summed E-state index contributed by atoms with van der Waals surface area (Å²) in [5.74, 6) is -0.650. The highest BCUT2D eigenvalue weighted by molar-refractivity contribution is 7.89. The highest BCUT2D eigenvalue weighted by Gasteiger charge is 2.25. The van der Waals surface area contributed by atoms with Crippen LogP contribution in [0.1, 0.15) is 10.4 Å². The van der Waals surface area contributed by atoms with E-state index in [0.717, 1.165) is 6.07 Å². The zero-order chi connectivity index (χ0) is 13.9. The van der Waals surface area contributed by atoms with Gasteiger partial charge in [-0.15, -0.1) is 0 Å². The van der Waals surface area contributed by atoms with Crippen LogP contribution >= 0.6 is 11.6 Å². The third-order valence-electron chi connectivity index (χ3n) is 2.23. The van der Waals surface area contributed by atoms with Crippen molar-refractivity contribution in [2.24, 2.45) is 0 Å². The third-order valence-corrected chi connectivity index (χ3v) is 4.39. The number of methoxy groups -OCH3 is 1. The van der Waals surface area contributed by atoms with E-state index in [1.807, 2.05) is 0 Å². The molecule has 6 nitrogen and oxygen atoms in total. The lowest BCUT2D eigenvalue weighted by Gasteiger charge is -2.15. The number of carbonyl (C=O) groups is 1. The number of rotatable bonds is 4. The van der Waals surface area contributed by atoms with Gasteiger partial charge in [-0.05, 0) is 18.2 Å². The van der Waals surface area contributed by atoms with E-state index in [-0.39, 0.29) is 15.5 Å². The second-order valence-electron chi connectivity index (χ2n) is 3.23. The first kappa shape index (κ1) is 14.9. The molecule has 0 saturated heterocycles. The molecule has 0 atom stereocenters. The Balaban J connectivity index is 3.37. The van der Waals surface area contributed by atoms with Gasteiger partial charge in [-0.25, -0.2) is 13.2 Å². The van der Waals surface area contributed by atoms with Crippen molar-refractivity contribution in [3.8, 4) is 0 Å². The third kappa shape index (κ3) is 2.81. The van der Waals surface area contributed by atoms with Crippen LogP contribution in [-0.4, -0.2) is 40.1 Å². The first-order chi connectivity index (χ1) is 8.34. The molecule has 0 radical (unpaired) electrons. The Labute approximate surface area is 110 Å². The quantitative estimate of drug-likeness (QED) is 0.618. The zero-order valence-corrected chi connectivity index (χ0v) is 11.6. The molecule has 1 aromatic rings. The minimum atomic E-state index is -3.91. The van der Waals surface area contributed by atoms with Crippen molar-refractivity contribution in [2.75, 3.05) is 21.3 Å². The van der Waals surface area contributed by atoms with Crippen molar-refractivity contribution in [3.63, 3.8) is 0 Å². The van der Waals surface area contributed by atoms with Gasteiger partial charge in [-0.1, -0.05) is 16.1 Å². The molecule has 0 N–H and O–H groups in total. The van der Waals surface area contributed by atoms with Crippen molar-refractivity contribution in [1.29, 1.82) is 0 Å². The lowest BCUT2D eigenvalue weighted by molar-refractivity contribution is -0.0258. The van der Waals surface area contributed by atoms with Gasteiger partial charge >= 0.3 is 5.97 Å². The summed E-state index contributed by atoms with van der Waals surface area (Å²) in [6, 6.07) is 3.82. The molecule has 8 heteroatoms. The Morgan fingerprint density at radius 1 is 1.33 bits per heavy atom. The molecule has 0 unspecified atom stereocenters. The minimum absolute atomic E-state index is 0.00782. The predicted molar refractivity (Wildman–Crippen MR) is 64.7 cm³/mol. The number of halogens is 1. The first-order valence-corrected chi connectivity index (χ1v) is 6.57. The van der Waals surface area contributed by atoms with Gasteiger partial charge in [0.2, 0.25) is 0 Å². The van der Waals surface area contributed by atoms with E-state index in [2.05, 4.69) is 9.57 Å². The van der Waals surface area contributed by atoms with E-state index in [1.54, 1.807) is 0 Å². The Morgan fingerprint density at radius 3 is 2.44 bits per heavy atom. The minimum Gasteiger partial charge on any atom is -0.465 e. The van der Waals surface area contributed by atoms with Crippen molar-refractivity contribution in [3.05, 3.63) is 28.8 Å². The van der Waals surface area contributed by atoms with Gasteiger partial charge in [0.15, 0.2) is 0 Å². The maximum absolute atomic E-state index is 12.0. The van der Waals surface area contributed by atoms with Gasteiger partial charge in [0.05, 0.1) is 24.8 Å².